The molecule has 1 aromatic rings. The Balaban J connectivity index is 2.97. The molecule has 82 valence electrons. The molecule has 0 aromatic carbocycles. The van der Waals surface area contributed by atoms with E-state index in [1.54, 1.807) is 0 Å². The highest BCUT2D eigenvalue weighted by atomic mass is 16.6. The van der Waals surface area contributed by atoms with Gasteiger partial charge in [-0.05, 0) is 4.92 Å². The average molecular weight is 215 g/mol. The van der Waals surface area contributed by atoms with E-state index in [1.165, 1.54) is 6.92 Å². The van der Waals surface area contributed by atoms with Crippen LogP contribution >= 0.6 is 0 Å². The molecule has 2 N–H and O–H groups in total. The number of aryl methyl sites for hydroxylation is 1. The number of aliphatic hydroxyl groups is 1. The molecule has 1 atom stereocenters. The second-order valence-corrected chi connectivity index (χ2v) is 2.89. The minimum atomic E-state index is -1.68. The van der Waals surface area contributed by atoms with Crippen LogP contribution in [0.15, 0.2) is 6.20 Å². The Morgan fingerprint density at radius 2 is 2.40 bits per heavy atom. The molecule has 0 bridgehead atoms. The van der Waals surface area contributed by atoms with E-state index in [0.717, 1.165) is 10.8 Å². The van der Waals surface area contributed by atoms with Crippen LogP contribution in [0.3, 0.4) is 0 Å². The van der Waals surface area contributed by atoms with Crippen LogP contribution in [0.25, 0.3) is 0 Å². The maximum Gasteiger partial charge on any atom is 0.342 e. The van der Waals surface area contributed by atoms with Crippen LogP contribution in [-0.4, -0.2) is 36.8 Å². The summed E-state index contributed by atoms with van der Waals surface area (Å²) in [6.45, 7) is 1.10. The van der Waals surface area contributed by atoms with Crippen molar-refractivity contribution in [3.8, 4) is 0 Å². The standard InChI is InChI=1S/C7H9N3O5/c1-4-8-2-6(10(14)15)9(4)3-5(11)7(12)13/h2,5,11H,3H2,1H3,(H,12,13). The Hall–Kier alpha value is -1.96. The van der Waals surface area contributed by atoms with Crippen LogP contribution < -0.4 is 0 Å². The number of carboxylic acids is 1. The molecule has 15 heavy (non-hydrogen) atoms. The van der Waals surface area contributed by atoms with E-state index in [1.807, 2.05) is 0 Å². The molecule has 0 spiro atoms. The Morgan fingerprint density at radius 1 is 1.80 bits per heavy atom. The lowest BCUT2D eigenvalue weighted by Gasteiger charge is -2.05. The summed E-state index contributed by atoms with van der Waals surface area (Å²) in [7, 11) is 0. The molecular formula is C7H9N3O5. The predicted octanol–water partition coefficient (Wildman–Crippen LogP) is -0.455. The monoisotopic (exact) mass is 215 g/mol. The van der Waals surface area contributed by atoms with Gasteiger partial charge in [0.2, 0.25) is 0 Å². The fourth-order valence-corrected chi connectivity index (χ4v) is 1.08. The number of aliphatic hydroxyl groups excluding tert-OH is 1. The van der Waals surface area contributed by atoms with Crippen LogP contribution in [0.5, 0.6) is 0 Å². The highest BCUT2D eigenvalue weighted by Crippen LogP contribution is 2.14. The van der Waals surface area contributed by atoms with Gasteiger partial charge in [0.1, 0.15) is 12.7 Å². The molecule has 1 unspecified atom stereocenters. The summed E-state index contributed by atoms with van der Waals surface area (Å²) >= 11 is 0. The first-order valence-corrected chi connectivity index (χ1v) is 4.01. The first-order valence-electron chi connectivity index (χ1n) is 4.01. The summed E-state index contributed by atoms with van der Waals surface area (Å²) in [5, 5.41) is 28.0. The van der Waals surface area contributed by atoms with Crippen LogP contribution in [0, 0.1) is 17.0 Å². The zero-order chi connectivity index (χ0) is 11.6. The van der Waals surface area contributed by atoms with Crippen molar-refractivity contribution < 1.29 is 19.9 Å². The smallest absolute Gasteiger partial charge is 0.342 e. The summed E-state index contributed by atoms with van der Waals surface area (Å²) in [6.07, 6.45) is -0.666. The van der Waals surface area contributed by atoms with Gasteiger partial charge in [-0.1, -0.05) is 0 Å². The van der Waals surface area contributed by atoms with Gasteiger partial charge in [-0.25, -0.2) is 14.3 Å². The van der Waals surface area contributed by atoms with Crippen LogP contribution in [-0.2, 0) is 11.3 Å². The van der Waals surface area contributed by atoms with E-state index < -0.39 is 23.5 Å². The summed E-state index contributed by atoms with van der Waals surface area (Å²) < 4.78 is 1.04. The van der Waals surface area contributed by atoms with Crippen LogP contribution in [0.4, 0.5) is 5.82 Å². The van der Waals surface area contributed by atoms with Crippen LogP contribution in [0.2, 0.25) is 0 Å². The summed E-state index contributed by atoms with van der Waals surface area (Å²) in [5.41, 5.74) is 0. The van der Waals surface area contributed by atoms with E-state index in [-0.39, 0.29) is 11.6 Å². The van der Waals surface area contributed by atoms with Gasteiger partial charge in [-0.2, -0.15) is 0 Å². The molecule has 0 aliphatic carbocycles. The van der Waals surface area contributed by atoms with Crippen molar-refractivity contribution >= 4 is 11.8 Å². The molecule has 0 saturated carbocycles. The number of aromatic nitrogens is 2. The van der Waals surface area contributed by atoms with Gasteiger partial charge < -0.3 is 20.3 Å². The number of carboxylic acid groups (broad SMARTS) is 1. The number of hydrogen-bond donors (Lipinski definition) is 2. The number of imidazole rings is 1. The Bertz CT molecular complexity index is 399. The van der Waals surface area contributed by atoms with Gasteiger partial charge in [0.15, 0.2) is 11.9 Å². The number of carbonyl (C=O) groups is 1. The Labute approximate surface area is 83.9 Å². The molecule has 0 saturated heterocycles. The number of nitrogens with zero attached hydrogens (tertiary/aromatic N) is 3. The van der Waals surface area contributed by atoms with Crippen molar-refractivity contribution in [3.63, 3.8) is 0 Å². The molecule has 0 aliphatic heterocycles. The van der Waals surface area contributed by atoms with Crippen molar-refractivity contribution in [2.45, 2.75) is 19.6 Å². The predicted molar refractivity (Wildman–Crippen MR) is 47.3 cm³/mol. The molecule has 8 nitrogen and oxygen atoms in total. The maximum absolute atomic E-state index is 10.5. The quantitative estimate of drug-likeness (QED) is 0.518. The molecule has 8 heteroatoms. The second-order valence-electron chi connectivity index (χ2n) is 2.89. The third-order valence-electron chi connectivity index (χ3n) is 1.86. The van der Waals surface area contributed by atoms with E-state index >= 15 is 0 Å². The minimum Gasteiger partial charge on any atom is -0.479 e. The Morgan fingerprint density at radius 3 is 2.87 bits per heavy atom. The number of rotatable bonds is 4. The maximum atomic E-state index is 10.5. The lowest BCUT2D eigenvalue weighted by Crippen LogP contribution is -2.26. The molecule has 1 aromatic heterocycles. The highest BCUT2D eigenvalue weighted by molar-refractivity contribution is 5.71. The highest BCUT2D eigenvalue weighted by Gasteiger charge is 2.23. The van der Waals surface area contributed by atoms with Crippen molar-refractivity contribution in [1.82, 2.24) is 9.55 Å². The van der Waals surface area contributed by atoms with Gasteiger partial charge in [0, 0.05) is 6.92 Å². The minimum absolute atomic E-state index is 0.280. The molecule has 0 radical (unpaired) electrons. The van der Waals surface area contributed by atoms with E-state index in [0.29, 0.717) is 0 Å². The lowest BCUT2D eigenvalue weighted by molar-refractivity contribution is -0.392. The average Bonchev–Trinajstić information content (AvgIpc) is 2.48. The summed E-state index contributed by atoms with van der Waals surface area (Å²) in [5.74, 6) is -1.49. The molecule has 1 heterocycles. The normalized spacial score (nSPS) is 12.4. The third-order valence-corrected chi connectivity index (χ3v) is 1.86. The third kappa shape index (κ3) is 2.29. The van der Waals surface area contributed by atoms with Crippen molar-refractivity contribution in [2.24, 2.45) is 0 Å². The van der Waals surface area contributed by atoms with Gasteiger partial charge in [-0.3, -0.25) is 0 Å². The first-order chi connectivity index (χ1) is 6.93. The van der Waals surface area contributed by atoms with Crippen molar-refractivity contribution in [3.05, 3.63) is 22.1 Å². The van der Waals surface area contributed by atoms with E-state index in [4.69, 9.17) is 10.2 Å². The van der Waals surface area contributed by atoms with E-state index in [9.17, 15) is 14.9 Å². The molecular weight excluding hydrogens is 206 g/mol. The van der Waals surface area contributed by atoms with Gasteiger partial charge >= 0.3 is 11.8 Å². The Kier molecular flexibility index (Phi) is 3.00. The number of hydrogen-bond acceptors (Lipinski definition) is 5. The van der Waals surface area contributed by atoms with Crippen LogP contribution in [0.1, 0.15) is 5.82 Å². The number of nitro groups is 1. The van der Waals surface area contributed by atoms with Gasteiger partial charge in [-0.15, -0.1) is 0 Å². The fraction of sp³-hybridized carbons (Fsp3) is 0.429. The second kappa shape index (κ2) is 4.05. The summed E-state index contributed by atoms with van der Waals surface area (Å²) in [4.78, 5) is 23.8. The topological polar surface area (TPSA) is 118 Å². The molecule has 0 aliphatic rings. The number of aliphatic carboxylic acids is 1. The summed E-state index contributed by atoms with van der Waals surface area (Å²) in [6, 6.07) is 0. The molecule has 0 amide bonds. The van der Waals surface area contributed by atoms with Crippen molar-refractivity contribution in [2.75, 3.05) is 0 Å². The van der Waals surface area contributed by atoms with E-state index in [2.05, 4.69) is 4.98 Å². The largest absolute Gasteiger partial charge is 0.479 e. The van der Waals surface area contributed by atoms with Crippen molar-refractivity contribution in [1.29, 1.82) is 0 Å². The van der Waals surface area contributed by atoms with Gasteiger partial charge in [0.25, 0.3) is 0 Å². The lowest BCUT2D eigenvalue weighted by atomic mass is 10.3. The first kappa shape index (κ1) is 11.1. The zero-order valence-electron chi connectivity index (χ0n) is 7.82. The zero-order valence-corrected chi connectivity index (χ0v) is 7.82. The SMILES string of the molecule is Cc1ncc([N+](=O)[O-])n1CC(O)C(=O)O. The molecule has 1 rings (SSSR count). The fourth-order valence-electron chi connectivity index (χ4n) is 1.08. The molecule has 0 fully saturated rings. The van der Waals surface area contributed by atoms with Gasteiger partial charge in [0.05, 0.1) is 0 Å².